The van der Waals surface area contributed by atoms with Gasteiger partial charge in [-0.3, -0.25) is 9.59 Å². The number of carbonyl (C=O) groups excluding carboxylic acids is 2. The largest absolute Gasteiger partial charge is 0.372 e. The van der Waals surface area contributed by atoms with Gasteiger partial charge < -0.3 is 15.4 Å². The van der Waals surface area contributed by atoms with E-state index in [1.807, 2.05) is 35.2 Å². The summed E-state index contributed by atoms with van der Waals surface area (Å²) in [5, 5.41) is 2.41. The standard InChI is InChI=1S/C29H32FN3O3S.ClH/c30-22-13-11-21(12-14-22)27(34)24-18-37-28(32-24)25-15-23(36-17-19-7-3-1-4-8-19)16-33(25)29(35)26(31)20-9-5-2-6-10-20;/h1,3-4,7-8,11-14,18,20,23,25-26H,2,5-6,9-10,15-17,31H2;1H/t23-,25+,26+;/m1./s1. The van der Waals surface area contributed by atoms with E-state index in [0.717, 1.165) is 31.2 Å². The third kappa shape index (κ3) is 6.49. The number of hydrogen-bond donors (Lipinski definition) is 1. The summed E-state index contributed by atoms with van der Waals surface area (Å²) in [5.41, 5.74) is 8.28. The quantitative estimate of drug-likeness (QED) is 0.359. The van der Waals surface area contributed by atoms with Crippen LogP contribution in [0.15, 0.2) is 60.0 Å². The molecule has 1 aliphatic heterocycles. The Bertz CT molecular complexity index is 1220. The number of nitrogens with two attached hydrogens (primary N) is 1. The molecule has 202 valence electrons. The molecule has 1 saturated heterocycles. The zero-order valence-electron chi connectivity index (χ0n) is 21.1. The number of amides is 1. The molecule has 0 radical (unpaired) electrons. The zero-order chi connectivity index (χ0) is 25.8. The number of halogens is 2. The molecule has 1 amide bonds. The van der Waals surface area contributed by atoms with Crippen molar-refractivity contribution in [1.29, 1.82) is 0 Å². The van der Waals surface area contributed by atoms with Gasteiger partial charge in [-0.15, -0.1) is 23.7 Å². The number of likely N-dealkylation sites (tertiary alicyclic amines) is 1. The van der Waals surface area contributed by atoms with Gasteiger partial charge in [-0.05, 0) is 48.6 Å². The second-order valence-electron chi connectivity index (χ2n) is 9.99. The third-order valence-electron chi connectivity index (χ3n) is 7.46. The van der Waals surface area contributed by atoms with Crippen LogP contribution in [0.3, 0.4) is 0 Å². The summed E-state index contributed by atoms with van der Waals surface area (Å²) in [6.45, 7) is 0.901. The molecule has 0 bridgehead atoms. The highest BCUT2D eigenvalue weighted by atomic mass is 35.5. The summed E-state index contributed by atoms with van der Waals surface area (Å²) >= 11 is 1.36. The van der Waals surface area contributed by atoms with Crippen molar-refractivity contribution in [3.63, 3.8) is 0 Å². The van der Waals surface area contributed by atoms with Crippen molar-refractivity contribution in [2.45, 2.75) is 63.3 Å². The Kier molecular flexibility index (Phi) is 9.65. The molecule has 0 spiro atoms. The van der Waals surface area contributed by atoms with E-state index >= 15 is 0 Å². The second-order valence-corrected chi connectivity index (χ2v) is 10.9. The number of thiazole rings is 1. The summed E-state index contributed by atoms with van der Waals surface area (Å²) in [6.07, 6.45) is 5.81. The summed E-state index contributed by atoms with van der Waals surface area (Å²) < 4.78 is 19.5. The number of nitrogens with zero attached hydrogens (tertiary/aromatic N) is 2. The lowest BCUT2D eigenvalue weighted by molar-refractivity contribution is -0.135. The van der Waals surface area contributed by atoms with Crippen LogP contribution < -0.4 is 5.73 Å². The Morgan fingerprint density at radius 2 is 1.79 bits per heavy atom. The summed E-state index contributed by atoms with van der Waals surface area (Å²) in [4.78, 5) is 33.1. The van der Waals surface area contributed by atoms with Gasteiger partial charge in [0.05, 0.1) is 24.8 Å². The summed E-state index contributed by atoms with van der Waals surface area (Å²) in [5.74, 6) is -0.539. The maximum Gasteiger partial charge on any atom is 0.240 e. The van der Waals surface area contributed by atoms with Crippen LogP contribution in [-0.2, 0) is 16.1 Å². The fraction of sp³-hybridized carbons (Fsp3) is 0.414. The van der Waals surface area contributed by atoms with Crippen LogP contribution in [0.5, 0.6) is 0 Å². The van der Waals surface area contributed by atoms with Crippen LogP contribution in [0.1, 0.15) is 71.2 Å². The fourth-order valence-electron chi connectivity index (χ4n) is 5.36. The first-order valence-electron chi connectivity index (χ1n) is 13.0. The minimum atomic E-state index is -0.545. The van der Waals surface area contributed by atoms with Crippen molar-refractivity contribution in [2.75, 3.05) is 6.54 Å². The van der Waals surface area contributed by atoms with E-state index in [2.05, 4.69) is 4.98 Å². The van der Waals surface area contributed by atoms with Gasteiger partial charge in [-0.25, -0.2) is 9.37 Å². The molecular formula is C29H33ClFN3O3S. The van der Waals surface area contributed by atoms with Crippen LogP contribution in [0, 0.1) is 11.7 Å². The van der Waals surface area contributed by atoms with Gasteiger partial charge in [0.25, 0.3) is 0 Å². The molecule has 6 nitrogen and oxygen atoms in total. The minimum Gasteiger partial charge on any atom is -0.372 e. The number of aromatic nitrogens is 1. The predicted molar refractivity (Wildman–Crippen MR) is 148 cm³/mol. The highest BCUT2D eigenvalue weighted by Gasteiger charge is 2.41. The van der Waals surface area contributed by atoms with Crippen molar-refractivity contribution in [3.05, 3.63) is 87.6 Å². The lowest BCUT2D eigenvalue weighted by Crippen LogP contribution is -2.48. The lowest BCUT2D eigenvalue weighted by atomic mass is 9.83. The minimum absolute atomic E-state index is 0. The molecule has 3 aromatic rings. The predicted octanol–water partition coefficient (Wildman–Crippen LogP) is 5.70. The fourth-order valence-corrected chi connectivity index (χ4v) is 6.29. The molecule has 2 aliphatic rings. The van der Waals surface area contributed by atoms with E-state index in [9.17, 15) is 14.0 Å². The van der Waals surface area contributed by atoms with E-state index < -0.39 is 11.9 Å². The maximum atomic E-state index is 13.7. The van der Waals surface area contributed by atoms with Crippen molar-refractivity contribution in [1.82, 2.24) is 9.88 Å². The third-order valence-corrected chi connectivity index (χ3v) is 8.41. The Morgan fingerprint density at radius 3 is 2.50 bits per heavy atom. The van der Waals surface area contributed by atoms with Crippen LogP contribution in [0.2, 0.25) is 0 Å². The molecular weight excluding hydrogens is 525 g/mol. The van der Waals surface area contributed by atoms with Crippen molar-refractivity contribution in [3.8, 4) is 0 Å². The lowest BCUT2D eigenvalue weighted by Gasteiger charge is -2.32. The first kappa shape index (κ1) is 28.4. The van der Waals surface area contributed by atoms with Gasteiger partial charge in [0.15, 0.2) is 0 Å². The Hall–Kier alpha value is -2.65. The molecule has 2 fully saturated rings. The number of benzene rings is 2. The number of carbonyl (C=O) groups is 2. The SMILES string of the molecule is Cl.N[C@H](C(=O)N1C[C@H](OCc2ccccc2)C[C@H]1c1nc(C(=O)c2ccc(F)cc2)cs1)C1CCCCC1. The zero-order valence-corrected chi connectivity index (χ0v) is 22.8. The van der Waals surface area contributed by atoms with E-state index in [-0.39, 0.29) is 42.2 Å². The smallest absolute Gasteiger partial charge is 0.240 e. The molecule has 1 saturated carbocycles. The molecule has 5 rings (SSSR count). The maximum absolute atomic E-state index is 13.7. The molecule has 2 N–H and O–H groups in total. The summed E-state index contributed by atoms with van der Waals surface area (Å²) in [7, 11) is 0. The van der Waals surface area contributed by atoms with Gasteiger partial charge in [-0.2, -0.15) is 0 Å². The molecule has 1 aliphatic carbocycles. The average Bonchev–Trinajstić information content (AvgIpc) is 3.60. The number of ether oxygens (including phenoxy) is 1. The van der Waals surface area contributed by atoms with Crippen LogP contribution in [-0.4, -0.2) is 40.3 Å². The van der Waals surface area contributed by atoms with E-state index in [4.69, 9.17) is 10.5 Å². The molecule has 0 unspecified atom stereocenters. The topological polar surface area (TPSA) is 85.5 Å². The van der Waals surface area contributed by atoms with Crippen molar-refractivity contribution < 1.29 is 18.7 Å². The van der Waals surface area contributed by atoms with Crippen molar-refractivity contribution in [2.24, 2.45) is 11.7 Å². The second kappa shape index (κ2) is 12.9. The number of hydrogen-bond acceptors (Lipinski definition) is 6. The van der Waals surface area contributed by atoms with Crippen LogP contribution in [0.4, 0.5) is 4.39 Å². The van der Waals surface area contributed by atoms with Crippen LogP contribution in [0.25, 0.3) is 0 Å². The van der Waals surface area contributed by atoms with Gasteiger partial charge in [0.1, 0.15) is 16.5 Å². The Labute approximate surface area is 232 Å². The Balaban J connectivity index is 0.00000336. The summed E-state index contributed by atoms with van der Waals surface area (Å²) in [6, 6.07) is 14.5. The number of ketones is 1. The average molecular weight is 558 g/mol. The molecule has 3 atom stereocenters. The van der Waals surface area contributed by atoms with E-state index in [1.165, 1.54) is 42.0 Å². The molecule has 9 heteroatoms. The monoisotopic (exact) mass is 557 g/mol. The highest BCUT2D eigenvalue weighted by molar-refractivity contribution is 7.10. The highest BCUT2D eigenvalue weighted by Crippen LogP contribution is 2.37. The van der Waals surface area contributed by atoms with Gasteiger partial charge in [0.2, 0.25) is 11.7 Å². The number of rotatable bonds is 8. The van der Waals surface area contributed by atoms with Gasteiger partial charge in [0, 0.05) is 23.9 Å². The van der Waals surface area contributed by atoms with E-state index in [1.54, 1.807) is 5.38 Å². The first-order chi connectivity index (χ1) is 18.0. The van der Waals surface area contributed by atoms with Crippen LogP contribution >= 0.6 is 23.7 Å². The molecule has 38 heavy (non-hydrogen) atoms. The normalized spacial score (nSPS) is 20.6. The van der Waals surface area contributed by atoms with Gasteiger partial charge >= 0.3 is 0 Å². The van der Waals surface area contributed by atoms with Crippen molar-refractivity contribution >= 4 is 35.4 Å². The van der Waals surface area contributed by atoms with E-state index in [0.29, 0.717) is 35.8 Å². The van der Waals surface area contributed by atoms with Gasteiger partial charge in [-0.1, -0.05) is 49.6 Å². The molecule has 2 aromatic carbocycles. The Morgan fingerprint density at radius 1 is 1.08 bits per heavy atom. The molecule has 2 heterocycles. The first-order valence-corrected chi connectivity index (χ1v) is 13.8. The molecule has 1 aromatic heterocycles.